The molecule has 2 aliphatic rings. The van der Waals surface area contributed by atoms with E-state index in [9.17, 15) is 4.79 Å². The van der Waals surface area contributed by atoms with Gasteiger partial charge in [0.05, 0.1) is 0 Å². The molecular weight excluding hydrogens is 344 g/mol. The summed E-state index contributed by atoms with van der Waals surface area (Å²) in [5.74, 6) is 2.01. The zero-order valence-electron chi connectivity index (χ0n) is 19.1. The molecule has 2 heterocycles. The molecule has 1 aromatic rings. The van der Waals surface area contributed by atoms with Crippen molar-refractivity contribution in [1.29, 1.82) is 0 Å². The number of likely N-dealkylation sites (tertiary alicyclic amines) is 1. The molecule has 0 N–H and O–H groups in total. The third-order valence-corrected chi connectivity index (χ3v) is 6.69. The van der Waals surface area contributed by atoms with Crippen LogP contribution in [0.1, 0.15) is 82.6 Å². The summed E-state index contributed by atoms with van der Waals surface area (Å²) in [6.07, 6.45) is 5.87. The van der Waals surface area contributed by atoms with Crippen molar-refractivity contribution >= 4 is 11.5 Å². The van der Waals surface area contributed by atoms with Gasteiger partial charge in [0, 0.05) is 36.8 Å². The van der Waals surface area contributed by atoms with Crippen molar-refractivity contribution in [3.63, 3.8) is 0 Å². The van der Waals surface area contributed by atoms with Crippen LogP contribution in [-0.2, 0) is 0 Å². The number of Topliss-reactive ketones (excluding diaryl/α,β-unsaturated/α-hetero) is 1. The third-order valence-electron chi connectivity index (χ3n) is 6.69. The number of piperidine rings is 2. The van der Waals surface area contributed by atoms with E-state index in [0.29, 0.717) is 6.42 Å². The highest BCUT2D eigenvalue weighted by Crippen LogP contribution is 2.29. The van der Waals surface area contributed by atoms with Crippen LogP contribution in [0.2, 0.25) is 0 Å². The Bertz CT molecular complexity index is 609. The molecule has 3 rings (SSSR count). The number of carbonyl (C=O) groups excluding carboxylic acids is 1. The van der Waals surface area contributed by atoms with Crippen LogP contribution in [0, 0.1) is 18.8 Å². The van der Waals surface area contributed by atoms with Crippen molar-refractivity contribution < 1.29 is 4.79 Å². The van der Waals surface area contributed by atoms with Crippen molar-refractivity contribution in [3.05, 3.63) is 29.3 Å². The van der Waals surface area contributed by atoms with E-state index in [0.717, 1.165) is 42.1 Å². The highest BCUT2D eigenvalue weighted by atomic mass is 16.1. The van der Waals surface area contributed by atoms with E-state index in [4.69, 9.17) is 0 Å². The Hall–Kier alpha value is -1.35. The number of carbonyl (C=O) groups is 1. The van der Waals surface area contributed by atoms with Crippen molar-refractivity contribution in [2.45, 2.75) is 79.7 Å². The maximum atomic E-state index is 12.0. The number of anilines is 1. The van der Waals surface area contributed by atoms with Gasteiger partial charge in [0.2, 0.25) is 0 Å². The normalized spacial score (nSPS) is 19.5. The van der Waals surface area contributed by atoms with Gasteiger partial charge in [-0.15, -0.1) is 0 Å². The fraction of sp³-hybridized carbons (Fsp3) is 0.720. The molecule has 0 saturated carbocycles. The predicted octanol–water partition coefficient (Wildman–Crippen LogP) is 5.95. The molecule has 0 atom stereocenters. The minimum Gasteiger partial charge on any atom is -0.371 e. The predicted molar refractivity (Wildman–Crippen MR) is 122 cm³/mol. The molecule has 158 valence electrons. The van der Waals surface area contributed by atoms with Crippen molar-refractivity contribution in [1.82, 2.24) is 4.90 Å². The maximum Gasteiger partial charge on any atom is 0.162 e. The first-order valence-electron chi connectivity index (χ1n) is 11.6. The molecule has 3 nitrogen and oxygen atoms in total. The molecule has 0 unspecified atom stereocenters. The molecular formula is C25H42N2O. The Balaban J connectivity index is 0.00000136. The average molecular weight is 387 g/mol. The number of ketones is 1. The molecule has 3 heteroatoms. The average Bonchev–Trinajstić information content (AvgIpc) is 2.74. The summed E-state index contributed by atoms with van der Waals surface area (Å²) < 4.78 is 0. The fourth-order valence-corrected chi connectivity index (χ4v) is 4.79. The van der Waals surface area contributed by atoms with Crippen molar-refractivity contribution in [2.75, 3.05) is 31.1 Å². The van der Waals surface area contributed by atoms with Crippen LogP contribution >= 0.6 is 0 Å². The molecule has 2 fully saturated rings. The van der Waals surface area contributed by atoms with Gasteiger partial charge in [-0.2, -0.15) is 0 Å². The van der Waals surface area contributed by atoms with Crippen LogP contribution in [0.5, 0.6) is 0 Å². The summed E-state index contributed by atoms with van der Waals surface area (Å²) in [5.41, 5.74) is 3.29. The summed E-state index contributed by atoms with van der Waals surface area (Å²) >= 11 is 0. The lowest BCUT2D eigenvalue weighted by Crippen LogP contribution is -2.48. The highest BCUT2D eigenvalue weighted by Gasteiger charge is 2.29. The van der Waals surface area contributed by atoms with Crippen LogP contribution in [0.15, 0.2) is 18.2 Å². The Morgan fingerprint density at radius 2 is 1.64 bits per heavy atom. The number of hydrogen-bond donors (Lipinski definition) is 0. The highest BCUT2D eigenvalue weighted by molar-refractivity contribution is 5.97. The van der Waals surface area contributed by atoms with E-state index in [1.54, 1.807) is 0 Å². The fourth-order valence-electron chi connectivity index (χ4n) is 4.79. The smallest absolute Gasteiger partial charge is 0.162 e. The molecule has 0 spiro atoms. The summed E-state index contributed by atoms with van der Waals surface area (Å²) in [7, 11) is 0. The Kier molecular flexibility index (Phi) is 9.01. The van der Waals surface area contributed by atoms with Gasteiger partial charge in [-0.1, -0.05) is 34.6 Å². The first-order valence-corrected chi connectivity index (χ1v) is 11.6. The molecule has 0 aliphatic carbocycles. The second kappa shape index (κ2) is 11.0. The number of rotatable bonds is 5. The quantitative estimate of drug-likeness (QED) is 0.584. The van der Waals surface area contributed by atoms with Crippen molar-refractivity contribution in [3.8, 4) is 0 Å². The molecule has 0 amide bonds. The van der Waals surface area contributed by atoms with Crippen LogP contribution in [-0.4, -0.2) is 42.9 Å². The zero-order valence-corrected chi connectivity index (χ0v) is 19.1. The Morgan fingerprint density at radius 1 is 1.04 bits per heavy atom. The molecule has 28 heavy (non-hydrogen) atoms. The second-order valence-corrected chi connectivity index (χ2v) is 8.61. The van der Waals surface area contributed by atoms with Gasteiger partial charge in [-0.25, -0.2) is 0 Å². The minimum absolute atomic E-state index is 0.248. The SMILES string of the molecule is CC.CCC(=O)c1ccc(N2CCC(N3CCC(C(C)C)CC3)CC2)cc1C. The Morgan fingerprint density at radius 3 is 2.14 bits per heavy atom. The first kappa shape index (κ1) is 22.9. The van der Waals surface area contributed by atoms with E-state index >= 15 is 0 Å². The molecule has 1 aromatic carbocycles. The monoisotopic (exact) mass is 386 g/mol. The Labute approximate surface area is 173 Å². The van der Waals surface area contributed by atoms with Crippen LogP contribution in [0.25, 0.3) is 0 Å². The topological polar surface area (TPSA) is 23.6 Å². The number of aryl methyl sites for hydroxylation is 1. The number of hydrogen-bond acceptors (Lipinski definition) is 3. The van der Waals surface area contributed by atoms with Crippen LogP contribution in [0.3, 0.4) is 0 Å². The molecule has 2 aliphatic heterocycles. The minimum atomic E-state index is 0.248. The van der Waals surface area contributed by atoms with E-state index < -0.39 is 0 Å². The standard InChI is InChI=1S/C23H36N2O.C2H6/c1-5-23(26)22-7-6-21(16-18(22)4)25-14-10-20(11-15-25)24-12-8-19(9-13-24)17(2)3;1-2/h6-7,16-17,19-20H,5,8-15H2,1-4H3;1-2H3. The van der Waals surface area contributed by atoms with Gasteiger partial charge in [0.15, 0.2) is 5.78 Å². The largest absolute Gasteiger partial charge is 0.371 e. The maximum absolute atomic E-state index is 12.0. The molecule has 0 aromatic heterocycles. The zero-order chi connectivity index (χ0) is 20.7. The van der Waals surface area contributed by atoms with E-state index in [1.165, 1.54) is 44.5 Å². The molecule has 0 bridgehead atoms. The number of nitrogens with zero attached hydrogens (tertiary/aromatic N) is 2. The summed E-state index contributed by atoms with van der Waals surface area (Å²) in [4.78, 5) is 17.2. The van der Waals surface area contributed by atoms with Crippen LogP contribution < -0.4 is 4.90 Å². The third kappa shape index (κ3) is 5.59. The molecule has 0 radical (unpaired) electrons. The van der Waals surface area contributed by atoms with Gasteiger partial charge >= 0.3 is 0 Å². The lowest BCUT2D eigenvalue weighted by atomic mass is 9.85. The first-order chi connectivity index (χ1) is 13.5. The van der Waals surface area contributed by atoms with E-state index in [-0.39, 0.29) is 5.78 Å². The number of benzene rings is 1. The summed E-state index contributed by atoms with van der Waals surface area (Å²) in [6, 6.07) is 7.14. The lowest BCUT2D eigenvalue weighted by molar-refractivity contribution is 0.0987. The van der Waals surface area contributed by atoms with Gasteiger partial charge in [-0.05, 0) is 81.3 Å². The van der Waals surface area contributed by atoms with E-state index in [2.05, 4.69) is 42.7 Å². The van der Waals surface area contributed by atoms with Crippen molar-refractivity contribution in [2.24, 2.45) is 11.8 Å². The van der Waals surface area contributed by atoms with E-state index in [1.807, 2.05) is 26.8 Å². The summed E-state index contributed by atoms with van der Waals surface area (Å²) in [5, 5.41) is 0. The van der Waals surface area contributed by atoms with Gasteiger partial charge < -0.3 is 9.80 Å². The second-order valence-electron chi connectivity index (χ2n) is 8.61. The summed E-state index contributed by atoms with van der Waals surface area (Å²) in [6.45, 7) is 17.6. The van der Waals surface area contributed by atoms with Crippen LogP contribution in [0.4, 0.5) is 5.69 Å². The molecule has 2 saturated heterocycles. The van der Waals surface area contributed by atoms with Gasteiger partial charge in [-0.3, -0.25) is 4.79 Å². The van der Waals surface area contributed by atoms with Gasteiger partial charge in [0.1, 0.15) is 0 Å². The lowest BCUT2D eigenvalue weighted by Gasteiger charge is -2.43. The van der Waals surface area contributed by atoms with Gasteiger partial charge in [0.25, 0.3) is 0 Å².